The van der Waals surface area contributed by atoms with Crippen molar-refractivity contribution >= 4 is 17.4 Å². The molecule has 9 nitrogen and oxygen atoms in total. The minimum atomic E-state index is -0.157. The van der Waals surface area contributed by atoms with Crippen molar-refractivity contribution in [1.82, 2.24) is 29.7 Å². The zero-order valence-electron chi connectivity index (χ0n) is 17.1. The fraction of sp³-hybridized carbons (Fsp3) is 0.429. The highest BCUT2D eigenvalue weighted by Gasteiger charge is 2.38. The molecule has 1 N–H and O–H groups in total. The molecule has 9 heteroatoms. The van der Waals surface area contributed by atoms with Gasteiger partial charge in [0.15, 0.2) is 17.5 Å². The molecule has 3 aromatic heterocycles. The first-order chi connectivity index (χ1) is 14.7. The van der Waals surface area contributed by atoms with Gasteiger partial charge >= 0.3 is 0 Å². The third-order valence-electron chi connectivity index (χ3n) is 5.94. The summed E-state index contributed by atoms with van der Waals surface area (Å²) < 4.78 is 2.00. The highest BCUT2D eigenvalue weighted by molar-refractivity contribution is 5.93. The summed E-state index contributed by atoms with van der Waals surface area (Å²) in [4.78, 5) is 27.8. The first kappa shape index (κ1) is 18.7. The number of aromatic nitrogens is 6. The normalized spacial score (nSPS) is 18.2. The molecule has 0 bridgehead atoms. The molecule has 4 heterocycles. The van der Waals surface area contributed by atoms with E-state index in [1.165, 1.54) is 19.8 Å². The summed E-state index contributed by atoms with van der Waals surface area (Å²) >= 11 is 0. The van der Waals surface area contributed by atoms with Crippen molar-refractivity contribution in [2.45, 2.75) is 58.0 Å². The monoisotopic (exact) mass is 404 g/mol. The summed E-state index contributed by atoms with van der Waals surface area (Å²) in [6.07, 6.45) is 12.6. The lowest BCUT2D eigenvalue weighted by molar-refractivity contribution is -0.114. The number of hydrogen-bond acceptors (Lipinski definition) is 7. The maximum absolute atomic E-state index is 11.6. The lowest BCUT2D eigenvalue weighted by Crippen LogP contribution is -2.42. The van der Waals surface area contributed by atoms with E-state index in [4.69, 9.17) is 4.98 Å². The molecule has 0 spiro atoms. The van der Waals surface area contributed by atoms with Crippen molar-refractivity contribution in [3.8, 4) is 17.1 Å². The zero-order chi connectivity index (χ0) is 20.7. The van der Waals surface area contributed by atoms with Gasteiger partial charge in [0.05, 0.1) is 24.1 Å². The number of anilines is 2. The molecule has 1 amide bonds. The number of nitrogens with zero attached hydrogens (tertiary/aromatic N) is 7. The van der Waals surface area contributed by atoms with E-state index in [0.29, 0.717) is 17.6 Å². The quantitative estimate of drug-likeness (QED) is 0.712. The van der Waals surface area contributed by atoms with Crippen LogP contribution in [0.3, 0.4) is 0 Å². The predicted molar refractivity (Wildman–Crippen MR) is 112 cm³/mol. The van der Waals surface area contributed by atoms with Gasteiger partial charge in [0.2, 0.25) is 5.91 Å². The lowest BCUT2D eigenvalue weighted by Gasteiger charge is -2.40. The Morgan fingerprint density at radius 1 is 1.27 bits per heavy atom. The van der Waals surface area contributed by atoms with Crippen molar-refractivity contribution < 1.29 is 4.79 Å². The molecule has 1 fully saturated rings. The smallest absolute Gasteiger partial charge is 0.221 e. The van der Waals surface area contributed by atoms with Crippen LogP contribution in [0, 0.1) is 0 Å². The number of carbonyl (C=O) groups is 1. The molecule has 0 unspecified atom stereocenters. The number of rotatable bonds is 4. The molecule has 1 aliphatic heterocycles. The van der Waals surface area contributed by atoms with Gasteiger partial charge in [-0.15, -0.1) is 10.2 Å². The summed E-state index contributed by atoms with van der Waals surface area (Å²) in [5.41, 5.74) is 2.24. The predicted octanol–water partition coefficient (Wildman–Crippen LogP) is 3.29. The van der Waals surface area contributed by atoms with Gasteiger partial charge in [-0.1, -0.05) is 19.8 Å². The van der Waals surface area contributed by atoms with Crippen molar-refractivity contribution in [3.63, 3.8) is 0 Å². The molecule has 0 radical (unpaired) electrons. The number of pyridine rings is 1. The highest BCUT2D eigenvalue weighted by Crippen LogP contribution is 2.43. The Kier molecular flexibility index (Phi) is 4.65. The van der Waals surface area contributed by atoms with Gasteiger partial charge in [0.25, 0.3) is 0 Å². The van der Waals surface area contributed by atoms with Crippen molar-refractivity contribution in [3.05, 3.63) is 36.8 Å². The van der Waals surface area contributed by atoms with Crippen LogP contribution in [0.15, 0.2) is 31.0 Å². The third kappa shape index (κ3) is 3.01. The zero-order valence-corrected chi connectivity index (χ0v) is 17.1. The van der Waals surface area contributed by atoms with Gasteiger partial charge in [-0.2, -0.15) is 0 Å². The molecule has 1 atom stereocenters. The fourth-order valence-electron chi connectivity index (χ4n) is 4.65. The largest absolute Gasteiger partial charge is 0.342 e. The maximum atomic E-state index is 11.6. The number of hydrogen-bond donors (Lipinski definition) is 1. The number of carbonyl (C=O) groups excluding carboxylic acids is 1. The minimum absolute atomic E-state index is 0.123. The molecule has 0 saturated heterocycles. The van der Waals surface area contributed by atoms with Crippen LogP contribution in [0.25, 0.3) is 17.1 Å². The van der Waals surface area contributed by atoms with E-state index in [1.807, 2.05) is 16.8 Å². The third-order valence-corrected chi connectivity index (χ3v) is 5.94. The fourth-order valence-corrected chi connectivity index (χ4v) is 4.65. The highest BCUT2D eigenvalue weighted by atomic mass is 16.1. The molecule has 3 aromatic rings. The van der Waals surface area contributed by atoms with E-state index in [9.17, 15) is 4.79 Å². The van der Waals surface area contributed by atoms with E-state index < -0.39 is 0 Å². The van der Waals surface area contributed by atoms with Gasteiger partial charge in [-0.3, -0.25) is 14.3 Å². The SMILES string of the molecule is CC[C@@H]1c2nncn2-c2cnc(-c3ccncc3NC(C)=O)nc2N1C1CCCC1. The average molecular weight is 404 g/mol. The molecule has 30 heavy (non-hydrogen) atoms. The van der Waals surface area contributed by atoms with Crippen LogP contribution in [0.5, 0.6) is 0 Å². The molecular formula is C21H24N8O. The Balaban J connectivity index is 1.67. The van der Waals surface area contributed by atoms with Crippen molar-refractivity contribution in [1.29, 1.82) is 0 Å². The maximum Gasteiger partial charge on any atom is 0.221 e. The van der Waals surface area contributed by atoms with E-state index >= 15 is 0 Å². The second-order valence-corrected chi connectivity index (χ2v) is 7.83. The summed E-state index contributed by atoms with van der Waals surface area (Å²) in [7, 11) is 0. The molecule has 5 rings (SSSR count). The van der Waals surface area contributed by atoms with Gasteiger partial charge in [-0.25, -0.2) is 9.97 Å². The standard InChI is InChI=1S/C21H24N8O/c1-3-17-21-27-24-12-28(21)18-11-23-19(15-8-9-22-10-16(15)25-13(2)30)26-20(18)29(17)14-6-4-5-7-14/h8-12,14,17H,3-7H2,1-2H3,(H,25,30)/t17-/m1/s1. The van der Waals surface area contributed by atoms with Crippen LogP contribution in [-0.4, -0.2) is 41.7 Å². The van der Waals surface area contributed by atoms with Crippen LogP contribution >= 0.6 is 0 Å². The topological polar surface area (TPSA) is 102 Å². The number of fused-ring (bicyclic) bond motifs is 3. The second-order valence-electron chi connectivity index (χ2n) is 7.83. The Morgan fingerprint density at radius 2 is 2.10 bits per heavy atom. The number of amides is 1. The van der Waals surface area contributed by atoms with Gasteiger partial charge in [-0.05, 0) is 25.3 Å². The Morgan fingerprint density at radius 3 is 2.87 bits per heavy atom. The summed E-state index contributed by atoms with van der Waals surface area (Å²) in [5, 5.41) is 11.4. The van der Waals surface area contributed by atoms with E-state index in [-0.39, 0.29) is 11.9 Å². The molecule has 1 saturated carbocycles. The summed E-state index contributed by atoms with van der Waals surface area (Å²) in [5.74, 6) is 2.25. The minimum Gasteiger partial charge on any atom is -0.342 e. The van der Waals surface area contributed by atoms with E-state index in [0.717, 1.165) is 42.2 Å². The van der Waals surface area contributed by atoms with Gasteiger partial charge in [0, 0.05) is 24.7 Å². The Labute approximate surface area is 174 Å². The molecule has 2 aliphatic rings. The van der Waals surface area contributed by atoms with E-state index in [1.54, 1.807) is 18.7 Å². The first-order valence-electron chi connectivity index (χ1n) is 10.4. The molecular weight excluding hydrogens is 380 g/mol. The van der Waals surface area contributed by atoms with Crippen molar-refractivity contribution in [2.24, 2.45) is 0 Å². The van der Waals surface area contributed by atoms with Crippen molar-refractivity contribution in [2.75, 3.05) is 10.2 Å². The van der Waals surface area contributed by atoms with Crippen LogP contribution in [-0.2, 0) is 4.79 Å². The lowest BCUT2D eigenvalue weighted by atomic mass is 10.0. The molecule has 1 aliphatic carbocycles. The Bertz CT molecular complexity index is 1090. The molecule has 0 aromatic carbocycles. The van der Waals surface area contributed by atoms with Crippen LogP contribution in [0.1, 0.15) is 57.8 Å². The molecule has 154 valence electrons. The number of nitrogens with one attached hydrogen (secondary N) is 1. The van der Waals surface area contributed by atoms with E-state index in [2.05, 4.69) is 37.3 Å². The van der Waals surface area contributed by atoms with Gasteiger partial charge < -0.3 is 10.2 Å². The van der Waals surface area contributed by atoms with Crippen LogP contribution < -0.4 is 10.2 Å². The van der Waals surface area contributed by atoms with Crippen LogP contribution in [0.2, 0.25) is 0 Å². The summed E-state index contributed by atoms with van der Waals surface area (Å²) in [6, 6.07) is 2.38. The Hall–Kier alpha value is -3.36. The first-order valence-corrected chi connectivity index (χ1v) is 10.4. The average Bonchev–Trinajstić information content (AvgIpc) is 3.44. The van der Waals surface area contributed by atoms with Gasteiger partial charge in [0.1, 0.15) is 12.0 Å². The second kappa shape index (κ2) is 7.47. The van der Waals surface area contributed by atoms with Crippen LogP contribution in [0.4, 0.5) is 11.5 Å². The summed E-state index contributed by atoms with van der Waals surface area (Å²) in [6.45, 7) is 3.65.